The summed E-state index contributed by atoms with van der Waals surface area (Å²) in [5.41, 5.74) is 0.412. The Bertz CT molecular complexity index is 564. The molecule has 2 rings (SSSR count). The molecule has 0 spiro atoms. The Kier molecular flexibility index (Phi) is 9.95. The number of hydrogen-bond donors (Lipinski definition) is 1. The zero-order valence-corrected chi connectivity index (χ0v) is 17.9. The van der Waals surface area contributed by atoms with Gasteiger partial charge in [0, 0.05) is 45.8 Å². The highest BCUT2D eigenvalue weighted by atomic mass is 16.3. The molecule has 1 aliphatic heterocycles. The lowest BCUT2D eigenvalue weighted by atomic mass is 10.1. The fourth-order valence-electron chi connectivity index (χ4n) is 3.65. The van der Waals surface area contributed by atoms with Crippen molar-refractivity contribution in [2.24, 2.45) is 0 Å². The lowest BCUT2D eigenvalue weighted by Crippen LogP contribution is -2.48. The van der Waals surface area contributed by atoms with E-state index in [1.54, 1.807) is 0 Å². The molecule has 1 aliphatic rings. The molecule has 1 fully saturated rings. The summed E-state index contributed by atoms with van der Waals surface area (Å²) < 4.78 is 5.58. The summed E-state index contributed by atoms with van der Waals surface area (Å²) >= 11 is 0. The summed E-state index contributed by atoms with van der Waals surface area (Å²) in [6, 6.07) is 0. The first-order valence-corrected chi connectivity index (χ1v) is 10.9. The Hall–Kier alpha value is -1.44. The zero-order valence-electron chi connectivity index (χ0n) is 17.9. The van der Waals surface area contributed by atoms with Crippen LogP contribution < -0.4 is 0 Å². The zero-order chi connectivity index (χ0) is 20.4. The molecule has 1 aromatic rings. The second-order valence-electron chi connectivity index (χ2n) is 7.79. The molecule has 1 atom stereocenters. The SMILES string of the molecule is CCCCC(O)CN1CCN(Cc2nc(C(=O)N(CCC)CCC)co2)CC1. The third-order valence-electron chi connectivity index (χ3n) is 5.23. The Morgan fingerprint density at radius 2 is 1.79 bits per heavy atom. The van der Waals surface area contributed by atoms with E-state index >= 15 is 0 Å². The van der Waals surface area contributed by atoms with Gasteiger partial charge in [-0.2, -0.15) is 0 Å². The normalized spacial score (nSPS) is 17.0. The van der Waals surface area contributed by atoms with Crippen molar-refractivity contribution in [2.45, 2.75) is 65.5 Å². The number of aliphatic hydroxyl groups is 1. The highest BCUT2D eigenvalue weighted by Crippen LogP contribution is 2.12. The van der Waals surface area contributed by atoms with Crippen LogP contribution in [-0.2, 0) is 6.54 Å². The number of aliphatic hydroxyl groups excluding tert-OH is 1. The van der Waals surface area contributed by atoms with Crippen LogP contribution in [-0.4, -0.2) is 82.6 Å². The van der Waals surface area contributed by atoms with Crippen molar-refractivity contribution in [1.29, 1.82) is 0 Å². The van der Waals surface area contributed by atoms with Crippen LogP contribution in [0.1, 0.15) is 69.3 Å². The number of piperazine rings is 1. The standard InChI is InChI=1S/C21H38N4O3/c1-4-7-8-18(26)15-23-11-13-24(14-12-23)16-20-22-19(17-28-20)21(27)25(9-5-2)10-6-3/h17-18,26H,4-16H2,1-3H3. The molecule has 160 valence electrons. The number of amides is 1. The smallest absolute Gasteiger partial charge is 0.275 e. The molecule has 1 saturated heterocycles. The van der Waals surface area contributed by atoms with E-state index in [1.165, 1.54) is 6.26 Å². The fraction of sp³-hybridized carbons (Fsp3) is 0.810. The van der Waals surface area contributed by atoms with Crippen LogP contribution in [0.3, 0.4) is 0 Å². The van der Waals surface area contributed by atoms with E-state index in [0.717, 1.165) is 77.9 Å². The van der Waals surface area contributed by atoms with Gasteiger partial charge in [-0.15, -0.1) is 0 Å². The lowest BCUT2D eigenvalue weighted by molar-refractivity contribution is 0.0627. The Balaban J connectivity index is 1.79. The molecule has 7 heteroatoms. The second kappa shape index (κ2) is 12.2. The molecule has 2 heterocycles. The van der Waals surface area contributed by atoms with Crippen molar-refractivity contribution in [2.75, 3.05) is 45.8 Å². The highest BCUT2D eigenvalue weighted by Gasteiger charge is 2.22. The molecule has 0 radical (unpaired) electrons. The predicted octanol–water partition coefficient (Wildman–Crippen LogP) is 2.61. The lowest BCUT2D eigenvalue weighted by Gasteiger charge is -2.35. The first kappa shape index (κ1) is 22.8. The largest absolute Gasteiger partial charge is 0.447 e. The first-order valence-electron chi connectivity index (χ1n) is 10.9. The summed E-state index contributed by atoms with van der Waals surface area (Å²) in [5.74, 6) is 0.567. The molecule has 0 bridgehead atoms. The minimum Gasteiger partial charge on any atom is -0.447 e. The van der Waals surface area contributed by atoms with Crippen LogP contribution in [0, 0.1) is 0 Å². The van der Waals surface area contributed by atoms with Crippen molar-refractivity contribution < 1.29 is 14.3 Å². The van der Waals surface area contributed by atoms with Crippen LogP contribution in [0.2, 0.25) is 0 Å². The fourth-order valence-corrected chi connectivity index (χ4v) is 3.65. The van der Waals surface area contributed by atoms with Gasteiger partial charge in [0.2, 0.25) is 5.89 Å². The quantitative estimate of drug-likeness (QED) is 0.587. The van der Waals surface area contributed by atoms with Crippen molar-refractivity contribution in [1.82, 2.24) is 19.7 Å². The minimum atomic E-state index is -0.221. The highest BCUT2D eigenvalue weighted by molar-refractivity contribution is 5.91. The first-order chi connectivity index (χ1) is 13.6. The van der Waals surface area contributed by atoms with Crippen LogP contribution in [0.5, 0.6) is 0 Å². The van der Waals surface area contributed by atoms with E-state index in [9.17, 15) is 9.90 Å². The van der Waals surface area contributed by atoms with Crippen LogP contribution >= 0.6 is 0 Å². The van der Waals surface area contributed by atoms with Gasteiger partial charge in [0.25, 0.3) is 5.91 Å². The topological polar surface area (TPSA) is 73.1 Å². The van der Waals surface area contributed by atoms with Gasteiger partial charge in [-0.25, -0.2) is 4.98 Å². The van der Waals surface area contributed by atoms with Crippen molar-refractivity contribution in [3.05, 3.63) is 17.8 Å². The average Bonchev–Trinajstić information content (AvgIpc) is 3.15. The minimum absolute atomic E-state index is 0.0374. The molecular weight excluding hydrogens is 356 g/mol. The van der Waals surface area contributed by atoms with Gasteiger partial charge >= 0.3 is 0 Å². The molecule has 0 aromatic carbocycles. The number of carbonyl (C=O) groups is 1. The molecular formula is C21H38N4O3. The van der Waals surface area contributed by atoms with E-state index in [1.807, 2.05) is 4.90 Å². The number of nitrogens with zero attached hydrogens (tertiary/aromatic N) is 4. The number of aromatic nitrogens is 1. The molecule has 7 nitrogen and oxygen atoms in total. The Morgan fingerprint density at radius 3 is 2.39 bits per heavy atom. The molecule has 1 unspecified atom stereocenters. The Labute approximate surface area is 169 Å². The molecule has 0 saturated carbocycles. The summed E-state index contributed by atoms with van der Waals surface area (Å²) in [7, 11) is 0. The number of oxazole rings is 1. The number of rotatable bonds is 12. The van der Waals surface area contributed by atoms with Crippen LogP contribution in [0.15, 0.2) is 10.7 Å². The van der Waals surface area contributed by atoms with Gasteiger partial charge < -0.3 is 14.4 Å². The third kappa shape index (κ3) is 7.18. The molecule has 1 N–H and O–H groups in total. The maximum atomic E-state index is 12.6. The number of hydrogen-bond acceptors (Lipinski definition) is 6. The molecule has 28 heavy (non-hydrogen) atoms. The summed E-state index contributed by atoms with van der Waals surface area (Å²) in [6.45, 7) is 12.9. The second-order valence-corrected chi connectivity index (χ2v) is 7.79. The molecule has 0 aliphatic carbocycles. The van der Waals surface area contributed by atoms with Crippen molar-refractivity contribution >= 4 is 5.91 Å². The van der Waals surface area contributed by atoms with Gasteiger partial charge in [-0.3, -0.25) is 14.6 Å². The summed E-state index contributed by atoms with van der Waals surface area (Å²) in [4.78, 5) is 23.5. The molecule has 1 amide bonds. The van der Waals surface area contributed by atoms with Gasteiger partial charge in [0.05, 0.1) is 12.6 Å². The van der Waals surface area contributed by atoms with E-state index in [0.29, 0.717) is 18.1 Å². The van der Waals surface area contributed by atoms with Gasteiger partial charge in [0.15, 0.2) is 5.69 Å². The third-order valence-corrected chi connectivity index (χ3v) is 5.23. The van der Waals surface area contributed by atoms with Crippen molar-refractivity contribution in [3.8, 4) is 0 Å². The number of unbranched alkanes of at least 4 members (excludes halogenated alkanes) is 1. The summed E-state index contributed by atoms with van der Waals surface area (Å²) in [6.07, 6.45) is 6.25. The predicted molar refractivity (Wildman–Crippen MR) is 110 cm³/mol. The average molecular weight is 395 g/mol. The van der Waals surface area contributed by atoms with E-state index in [4.69, 9.17) is 4.42 Å². The van der Waals surface area contributed by atoms with Gasteiger partial charge in [0.1, 0.15) is 6.26 Å². The Morgan fingerprint density at radius 1 is 1.14 bits per heavy atom. The maximum absolute atomic E-state index is 12.6. The van der Waals surface area contributed by atoms with Crippen LogP contribution in [0.4, 0.5) is 0 Å². The maximum Gasteiger partial charge on any atom is 0.275 e. The van der Waals surface area contributed by atoms with Gasteiger partial charge in [-0.05, 0) is 19.3 Å². The van der Waals surface area contributed by atoms with E-state index in [-0.39, 0.29) is 12.0 Å². The van der Waals surface area contributed by atoms with Gasteiger partial charge in [-0.1, -0.05) is 33.6 Å². The van der Waals surface area contributed by atoms with E-state index in [2.05, 4.69) is 35.6 Å². The number of carbonyl (C=O) groups excluding carboxylic acids is 1. The van der Waals surface area contributed by atoms with Crippen LogP contribution in [0.25, 0.3) is 0 Å². The summed E-state index contributed by atoms with van der Waals surface area (Å²) in [5, 5.41) is 10.1. The molecule has 1 aromatic heterocycles. The monoisotopic (exact) mass is 394 g/mol. The van der Waals surface area contributed by atoms with E-state index < -0.39 is 0 Å². The van der Waals surface area contributed by atoms with Crippen molar-refractivity contribution in [3.63, 3.8) is 0 Å². The number of β-amino-alcohol motifs (C(OH)–C–C–N with tert-alkyl or cyclic N) is 1.